The highest BCUT2D eigenvalue weighted by atomic mass is 79.9. The minimum absolute atomic E-state index is 0.696. The lowest BCUT2D eigenvalue weighted by molar-refractivity contribution is 0.789. The SMILES string of the molecule is CSc1ccc(C2[CH]CCC2)cc1Br. The quantitative estimate of drug-likeness (QED) is 0.705. The zero-order valence-electron chi connectivity index (χ0n) is 8.29. The summed E-state index contributed by atoms with van der Waals surface area (Å²) in [7, 11) is 0. The fraction of sp³-hybridized carbons (Fsp3) is 0.417. The molecule has 0 bridgehead atoms. The Morgan fingerprint density at radius 2 is 2.29 bits per heavy atom. The average molecular weight is 270 g/mol. The van der Waals surface area contributed by atoms with E-state index in [0.29, 0.717) is 5.92 Å². The van der Waals surface area contributed by atoms with Gasteiger partial charge in [-0.3, -0.25) is 0 Å². The number of halogens is 1. The Hall–Kier alpha value is 0.0500. The molecule has 0 amide bonds. The van der Waals surface area contributed by atoms with E-state index < -0.39 is 0 Å². The molecule has 1 radical (unpaired) electrons. The van der Waals surface area contributed by atoms with Gasteiger partial charge in [0.05, 0.1) is 0 Å². The van der Waals surface area contributed by atoms with Crippen molar-refractivity contribution in [1.29, 1.82) is 0 Å². The van der Waals surface area contributed by atoms with E-state index in [2.05, 4.69) is 46.8 Å². The molecular weight excluding hydrogens is 256 g/mol. The molecule has 2 rings (SSSR count). The van der Waals surface area contributed by atoms with Gasteiger partial charge in [0.2, 0.25) is 0 Å². The fourth-order valence-electron chi connectivity index (χ4n) is 1.99. The van der Waals surface area contributed by atoms with Crippen LogP contribution in [-0.4, -0.2) is 6.26 Å². The van der Waals surface area contributed by atoms with Crippen LogP contribution >= 0.6 is 27.7 Å². The molecule has 1 fully saturated rings. The Morgan fingerprint density at radius 1 is 1.43 bits per heavy atom. The van der Waals surface area contributed by atoms with E-state index in [4.69, 9.17) is 0 Å². The van der Waals surface area contributed by atoms with E-state index in [1.807, 2.05) is 0 Å². The van der Waals surface area contributed by atoms with Gasteiger partial charge >= 0.3 is 0 Å². The van der Waals surface area contributed by atoms with E-state index in [0.717, 1.165) is 0 Å². The highest BCUT2D eigenvalue weighted by Crippen LogP contribution is 2.36. The molecule has 0 nitrogen and oxygen atoms in total. The first-order valence-corrected chi connectivity index (χ1v) is 7.00. The summed E-state index contributed by atoms with van der Waals surface area (Å²) < 4.78 is 1.24. The third-order valence-corrected chi connectivity index (χ3v) is 4.49. The summed E-state index contributed by atoms with van der Waals surface area (Å²) in [5.41, 5.74) is 1.46. The van der Waals surface area contributed by atoms with Crippen LogP contribution in [0, 0.1) is 6.42 Å². The molecule has 0 spiro atoms. The molecule has 0 saturated heterocycles. The number of rotatable bonds is 2. The van der Waals surface area contributed by atoms with E-state index in [-0.39, 0.29) is 0 Å². The van der Waals surface area contributed by atoms with Crippen LogP contribution in [0.4, 0.5) is 0 Å². The molecule has 1 aromatic rings. The maximum atomic E-state index is 3.62. The predicted molar refractivity (Wildman–Crippen MR) is 66.8 cm³/mol. The van der Waals surface area contributed by atoms with Crippen molar-refractivity contribution >= 4 is 27.7 Å². The zero-order valence-corrected chi connectivity index (χ0v) is 10.7. The van der Waals surface area contributed by atoms with Crippen molar-refractivity contribution in [3.8, 4) is 0 Å². The number of benzene rings is 1. The summed E-state index contributed by atoms with van der Waals surface area (Å²) in [5, 5.41) is 0. The maximum absolute atomic E-state index is 3.62. The van der Waals surface area contributed by atoms with Gasteiger partial charge in [-0.25, -0.2) is 0 Å². The largest absolute Gasteiger partial charge is 0.128 e. The molecule has 1 aliphatic rings. The number of hydrogen-bond acceptors (Lipinski definition) is 1. The first-order valence-electron chi connectivity index (χ1n) is 4.98. The summed E-state index contributed by atoms with van der Waals surface area (Å²) in [6.07, 6.45) is 8.52. The Kier molecular flexibility index (Phi) is 3.56. The van der Waals surface area contributed by atoms with Gasteiger partial charge in [0.15, 0.2) is 0 Å². The molecule has 0 heterocycles. The second-order valence-electron chi connectivity index (χ2n) is 3.67. The molecule has 75 valence electrons. The topological polar surface area (TPSA) is 0 Å². The Bertz CT molecular complexity index is 316. The zero-order chi connectivity index (χ0) is 9.97. The van der Waals surface area contributed by atoms with Crippen molar-refractivity contribution in [2.75, 3.05) is 6.26 Å². The van der Waals surface area contributed by atoms with E-state index in [9.17, 15) is 0 Å². The van der Waals surface area contributed by atoms with Crippen LogP contribution < -0.4 is 0 Å². The Morgan fingerprint density at radius 3 is 2.86 bits per heavy atom. The standard InChI is InChI=1S/C12H14BrS/c1-14-12-7-6-10(8-11(12)13)9-4-2-3-5-9/h4,6-9H,2-3,5H2,1H3. The average Bonchev–Trinajstić information content (AvgIpc) is 2.70. The monoisotopic (exact) mass is 269 g/mol. The molecule has 2 heteroatoms. The van der Waals surface area contributed by atoms with Crippen molar-refractivity contribution in [3.05, 3.63) is 34.7 Å². The highest BCUT2D eigenvalue weighted by Gasteiger charge is 2.17. The van der Waals surface area contributed by atoms with Gasteiger partial charge in [-0.1, -0.05) is 12.5 Å². The third-order valence-electron chi connectivity index (χ3n) is 2.77. The van der Waals surface area contributed by atoms with Gasteiger partial charge in [0.1, 0.15) is 0 Å². The van der Waals surface area contributed by atoms with Gasteiger partial charge in [0, 0.05) is 9.37 Å². The van der Waals surface area contributed by atoms with Crippen LogP contribution in [0.25, 0.3) is 0 Å². The van der Waals surface area contributed by atoms with Crippen molar-refractivity contribution in [2.24, 2.45) is 0 Å². The molecular formula is C12H14BrS. The molecule has 0 aliphatic heterocycles. The fourth-order valence-corrected chi connectivity index (χ4v) is 3.33. The van der Waals surface area contributed by atoms with Crippen LogP contribution in [0.5, 0.6) is 0 Å². The molecule has 0 aromatic heterocycles. The van der Waals surface area contributed by atoms with Crippen molar-refractivity contribution < 1.29 is 0 Å². The second-order valence-corrected chi connectivity index (χ2v) is 5.37. The smallest absolute Gasteiger partial charge is 0.0313 e. The highest BCUT2D eigenvalue weighted by molar-refractivity contribution is 9.10. The first-order chi connectivity index (χ1) is 6.81. The van der Waals surface area contributed by atoms with Crippen LogP contribution in [0.15, 0.2) is 27.6 Å². The van der Waals surface area contributed by atoms with Gasteiger partial charge < -0.3 is 0 Å². The van der Waals surface area contributed by atoms with Gasteiger partial charge in [-0.15, -0.1) is 11.8 Å². The maximum Gasteiger partial charge on any atom is 0.0313 e. The van der Waals surface area contributed by atoms with Gasteiger partial charge in [-0.05, 0) is 65.1 Å². The van der Waals surface area contributed by atoms with Crippen LogP contribution in [0.1, 0.15) is 30.7 Å². The summed E-state index contributed by atoms with van der Waals surface area (Å²) in [6, 6.07) is 6.76. The number of thioether (sulfide) groups is 1. The van der Waals surface area contributed by atoms with Crippen LogP contribution in [-0.2, 0) is 0 Å². The normalized spacial score (nSPS) is 17.6. The second kappa shape index (κ2) is 4.71. The van der Waals surface area contributed by atoms with Crippen molar-refractivity contribution in [2.45, 2.75) is 30.1 Å². The molecule has 1 atom stereocenters. The Balaban J connectivity index is 2.23. The summed E-state index contributed by atoms with van der Waals surface area (Å²) in [4.78, 5) is 1.33. The summed E-state index contributed by atoms with van der Waals surface area (Å²) in [5.74, 6) is 0.696. The predicted octanol–water partition coefficient (Wildman–Crippen LogP) is 4.64. The molecule has 14 heavy (non-hydrogen) atoms. The molecule has 1 aromatic carbocycles. The molecule has 1 saturated carbocycles. The van der Waals surface area contributed by atoms with Crippen molar-refractivity contribution in [1.82, 2.24) is 0 Å². The number of hydrogen-bond donors (Lipinski definition) is 0. The molecule has 1 aliphatic carbocycles. The van der Waals surface area contributed by atoms with Crippen molar-refractivity contribution in [3.63, 3.8) is 0 Å². The molecule has 0 N–H and O–H groups in total. The first kappa shape index (κ1) is 10.6. The van der Waals surface area contributed by atoms with E-state index in [1.165, 1.54) is 34.2 Å². The third kappa shape index (κ3) is 2.17. The lowest BCUT2D eigenvalue weighted by Gasteiger charge is -2.11. The Labute approximate surface area is 98.6 Å². The lowest BCUT2D eigenvalue weighted by Crippen LogP contribution is -1.92. The van der Waals surface area contributed by atoms with Crippen LogP contribution in [0.2, 0.25) is 0 Å². The molecule has 1 unspecified atom stereocenters. The lowest BCUT2D eigenvalue weighted by atomic mass is 9.98. The van der Waals surface area contributed by atoms with E-state index in [1.54, 1.807) is 11.8 Å². The van der Waals surface area contributed by atoms with Gasteiger partial charge in [-0.2, -0.15) is 0 Å². The summed E-state index contributed by atoms with van der Waals surface area (Å²) in [6.45, 7) is 0. The summed E-state index contributed by atoms with van der Waals surface area (Å²) >= 11 is 5.41. The van der Waals surface area contributed by atoms with Crippen LogP contribution in [0.3, 0.4) is 0 Å². The van der Waals surface area contributed by atoms with E-state index >= 15 is 0 Å². The minimum atomic E-state index is 0.696. The van der Waals surface area contributed by atoms with Gasteiger partial charge in [0.25, 0.3) is 0 Å². The minimum Gasteiger partial charge on any atom is -0.128 e.